The second kappa shape index (κ2) is 4.51. The van der Waals surface area contributed by atoms with Gasteiger partial charge in [-0.05, 0) is 37.1 Å². The highest BCUT2D eigenvalue weighted by Crippen LogP contribution is 2.17. The van der Waals surface area contributed by atoms with Crippen LogP contribution in [0.1, 0.15) is 11.1 Å². The minimum Gasteiger partial charge on any atom is -0.266 e. The van der Waals surface area contributed by atoms with E-state index in [0.29, 0.717) is 5.69 Å². The topological polar surface area (TPSA) is 34.9 Å². The molecule has 0 bridgehead atoms. The molecule has 1 heterocycles. The first-order valence-electron chi connectivity index (χ1n) is 5.01. The van der Waals surface area contributed by atoms with E-state index in [2.05, 4.69) is 5.10 Å². The van der Waals surface area contributed by atoms with Gasteiger partial charge in [-0.2, -0.15) is 9.78 Å². The molecule has 88 valence electrons. The molecular formula is C12H10Cl2N2O. The maximum atomic E-state index is 11.9. The number of nitrogens with zero attached hydrogens (tertiary/aromatic N) is 2. The Morgan fingerprint density at radius 2 is 1.71 bits per heavy atom. The summed E-state index contributed by atoms with van der Waals surface area (Å²) < 4.78 is 1.24. The van der Waals surface area contributed by atoms with Crippen molar-refractivity contribution < 1.29 is 0 Å². The van der Waals surface area contributed by atoms with Gasteiger partial charge in [0.15, 0.2) is 0 Å². The summed E-state index contributed by atoms with van der Waals surface area (Å²) in [6.07, 6.45) is 1.36. The Kier molecular flexibility index (Phi) is 3.22. The van der Waals surface area contributed by atoms with Crippen molar-refractivity contribution >= 4 is 23.2 Å². The number of hydrogen-bond donors (Lipinski definition) is 0. The van der Waals surface area contributed by atoms with Crippen molar-refractivity contribution in [3.8, 4) is 5.69 Å². The zero-order valence-electron chi connectivity index (χ0n) is 9.37. The molecule has 0 atom stereocenters. The summed E-state index contributed by atoms with van der Waals surface area (Å²) in [6, 6.07) is 5.75. The summed E-state index contributed by atoms with van der Waals surface area (Å²) in [6.45, 7) is 3.91. The van der Waals surface area contributed by atoms with Crippen LogP contribution >= 0.6 is 23.2 Å². The Morgan fingerprint density at radius 3 is 2.29 bits per heavy atom. The molecule has 17 heavy (non-hydrogen) atoms. The summed E-state index contributed by atoms with van der Waals surface area (Å²) in [4.78, 5) is 11.9. The third-order valence-electron chi connectivity index (χ3n) is 2.33. The van der Waals surface area contributed by atoms with Crippen LogP contribution in [0.3, 0.4) is 0 Å². The number of rotatable bonds is 1. The third-order valence-corrected chi connectivity index (χ3v) is 3.08. The van der Waals surface area contributed by atoms with Crippen molar-refractivity contribution in [2.45, 2.75) is 13.8 Å². The van der Waals surface area contributed by atoms with Crippen LogP contribution in [-0.2, 0) is 0 Å². The van der Waals surface area contributed by atoms with Crippen LogP contribution < -0.4 is 5.56 Å². The van der Waals surface area contributed by atoms with Crippen molar-refractivity contribution in [1.29, 1.82) is 0 Å². The number of aromatic nitrogens is 2. The van der Waals surface area contributed by atoms with Crippen molar-refractivity contribution in [3.63, 3.8) is 0 Å². The van der Waals surface area contributed by atoms with Gasteiger partial charge in [0.1, 0.15) is 5.02 Å². The molecule has 0 saturated heterocycles. The van der Waals surface area contributed by atoms with Crippen molar-refractivity contribution in [2.24, 2.45) is 0 Å². The van der Waals surface area contributed by atoms with E-state index in [1.165, 1.54) is 10.9 Å². The van der Waals surface area contributed by atoms with Crippen LogP contribution in [0.2, 0.25) is 10.0 Å². The predicted molar refractivity (Wildman–Crippen MR) is 69.3 cm³/mol. The van der Waals surface area contributed by atoms with Gasteiger partial charge in [0, 0.05) is 0 Å². The number of aryl methyl sites for hydroxylation is 2. The zero-order valence-corrected chi connectivity index (χ0v) is 10.9. The fraction of sp³-hybridized carbons (Fsp3) is 0.167. The van der Waals surface area contributed by atoms with E-state index in [4.69, 9.17) is 23.2 Å². The zero-order chi connectivity index (χ0) is 12.6. The average molecular weight is 269 g/mol. The van der Waals surface area contributed by atoms with E-state index in [9.17, 15) is 4.79 Å². The fourth-order valence-corrected chi connectivity index (χ4v) is 1.92. The standard InChI is InChI=1S/C12H10Cl2N2O/c1-7-3-8(2)5-9(4-7)16-12(17)11(14)10(13)6-15-16/h3-6H,1-2H3. The minimum atomic E-state index is -0.413. The lowest BCUT2D eigenvalue weighted by molar-refractivity contribution is 0.805. The summed E-state index contributed by atoms with van der Waals surface area (Å²) in [5.74, 6) is 0. The van der Waals surface area contributed by atoms with E-state index in [1.807, 2.05) is 32.0 Å². The van der Waals surface area contributed by atoms with Crippen LogP contribution in [0.15, 0.2) is 29.2 Å². The van der Waals surface area contributed by atoms with Crippen molar-refractivity contribution in [3.05, 3.63) is 55.9 Å². The number of hydrogen-bond acceptors (Lipinski definition) is 2. The van der Waals surface area contributed by atoms with Crippen LogP contribution in [0.5, 0.6) is 0 Å². The van der Waals surface area contributed by atoms with Gasteiger partial charge < -0.3 is 0 Å². The molecule has 0 aliphatic rings. The summed E-state index contributed by atoms with van der Waals surface area (Å²) >= 11 is 11.5. The lowest BCUT2D eigenvalue weighted by Gasteiger charge is -2.07. The molecule has 3 nitrogen and oxygen atoms in total. The normalized spacial score (nSPS) is 10.6. The summed E-state index contributed by atoms with van der Waals surface area (Å²) in [5.41, 5.74) is 2.38. The molecule has 0 aliphatic heterocycles. The van der Waals surface area contributed by atoms with Gasteiger partial charge >= 0.3 is 0 Å². The number of halogens is 2. The largest absolute Gasteiger partial charge is 0.291 e. The highest BCUT2D eigenvalue weighted by Gasteiger charge is 2.09. The number of benzene rings is 1. The van der Waals surface area contributed by atoms with E-state index >= 15 is 0 Å². The lowest BCUT2D eigenvalue weighted by Crippen LogP contribution is -2.21. The maximum Gasteiger partial charge on any atom is 0.291 e. The molecule has 1 aromatic carbocycles. The van der Waals surface area contributed by atoms with Crippen LogP contribution in [-0.4, -0.2) is 9.78 Å². The molecule has 0 amide bonds. The van der Waals surface area contributed by atoms with Gasteiger partial charge in [-0.1, -0.05) is 29.3 Å². The minimum absolute atomic E-state index is 0.0131. The smallest absolute Gasteiger partial charge is 0.266 e. The molecular weight excluding hydrogens is 259 g/mol. The van der Waals surface area contributed by atoms with Gasteiger partial charge in [-0.25, -0.2) is 0 Å². The quantitative estimate of drug-likeness (QED) is 0.797. The molecule has 2 aromatic rings. The Hall–Kier alpha value is -1.32. The molecule has 0 spiro atoms. The first kappa shape index (κ1) is 12.1. The van der Waals surface area contributed by atoms with Gasteiger partial charge in [0.05, 0.1) is 16.9 Å². The SMILES string of the molecule is Cc1cc(C)cc(-n2ncc(Cl)c(Cl)c2=O)c1. The Bertz CT molecular complexity index is 615. The molecule has 0 unspecified atom stereocenters. The van der Waals surface area contributed by atoms with Crippen LogP contribution in [0, 0.1) is 13.8 Å². The first-order chi connectivity index (χ1) is 7.99. The van der Waals surface area contributed by atoms with Crippen LogP contribution in [0.25, 0.3) is 5.69 Å². The van der Waals surface area contributed by atoms with Crippen molar-refractivity contribution in [2.75, 3.05) is 0 Å². The summed E-state index contributed by atoms with van der Waals surface area (Å²) in [7, 11) is 0. The van der Waals surface area contributed by atoms with E-state index in [0.717, 1.165) is 11.1 Å². The van der Waals surface area contributed by atoms with Gasteiger partial charge in [-0.3, -0.25) is 4.79 Å². The van der Waals surface area contributed by atoms with Gasteiger partial charge in [-0.15, -0.1) is 0 Å². The molecule has 0 fully saturated rings. The second-order valence-corrected chi connectivity index (χ2v) is 4.65. The molecule has 0 radical (unpaired) electrons. The highest BCUT2D eigenvalue weighted by atomic mass is 35.5. The molecule has 0 saturated carbocycles. The Balaban J connectivity index is 2.69. The predicted octanol–water partition coefficient (Wildman–Crippen LogP) is 3.16. The molecule has 2 rings (SSSR count). The maximum absolute atomic E-state index is 11.9. The monoisotopic (exact) mass is 268 g/mol. The van der Waals surface area contributed by atoms with Gasteiger partial charge in [0.2, 0.25) is 0 Å². The second-order valence-electron chi connectivity index (χ2n) is 3.87. The lowest BCUT2D eigenvalue weighted by atomic mass is 10.1. The molecule has 0 N–H and O–H groups in total. The summed E-state index contributed by atoms with van der Waals surface area (Å²) in [5, 5.41) is 4.13. The van der Waals surface area contributed by atoms with Crippen molar-refractivity contribution in [1.82, 2.24) is 9.78 Å². The van der Waals surface area contributed by atoms with E-state index < -0.39 is 5.56 Å². The Labute approximate surface area is 109 Å². The highest BCUT2D eigenvalue weighted by molar-refractivity contribution is 6.41. The fourth-order valence-electron chi connectivity index (χ4n) is 1.67. The van der Waals surface area contributed by atoms with Gasteiger partial charge in [0.25, 0.3) is 5.56 Å². The first-order valence-corrected chi connectivity index (χ1v) is 5.76. The Morgan fingerprint density at radius 1 is 1.12 bits per heavy atom. The molecule has 0 aliphatic carbocycles. The van der Waals surface area contributed by atoms with Crippen LogP contribution in [0.4, 0.5) is 0 Å². The molecule has 1 aromatic heterocycles. The average Bonchev–Trinajstić information content (AvgIpc) is 2.24. The van der Waals surface area contributed by atoms with E-state index in [-0.39, 0.29) is 10.0 Å². The van der Waals surface area contributed by atoms with E-state index in [1.54, 1.807) is 0 Å². The molecule has 5 heteroatoms. The third kappa shape index (κ3) is 2.35.